The molecule has 5 N–H and O–H groups in total. The maximum atomic E-state index is 11.3. The second-order valence-electron chi connectivity index (χ2n) is 5.86. The predicted octanol–water partition coefficient (Wildman–Crippen LogP) is -3.01. The molecule has 0 unspecified atom stereocenters. The lowest BCUT2D eigenvalue weighted by Gasteiger charge is -2.42. The molecule has 1 rings (SSSR count). The predicted molar refractivity (Wildman–Crippen MR) is 90.9 cm³/mol. The molecule has 11 heteroatoms. The quantitative estimate of drug-likeness (QED) is 0.191. The number of amides is 1. The molecule has 5 atom stereocenters. The molecule has 0 bridgehead atoms. The first-order chi connectivity index (χ1) is 13.0. The first-order valence-electron chi connectivity index (χ1n) is 8.86. The van der Waals surface area contributed by atoms with E-state index >= 15 is 0 Å². The van der Waals surface area contributed by atoms with Crippen LogP contribution < -0.4 is 5.32 Å². The summed E-state index contributed by atoms with van der Waals surface area (Å²) in [6.45, 7) is 2.87. The summed E-state index contributed by atoms with van der Waals surface area (Å²) in [6.07, 6.45) is -4.74. The molecule has 1 fully saturated rings. The number of rotatable bonds is 14. The van der Waals surface area contributed by atoms with Crippen molar-refractivity contribution in [2.75, 3.05) is 59.5 Å². The van der Waals surface area contributed by atoms with Gasteiger partial charge in [-0.15, -0.1) is 0 Å². The van der Waals surface area contributed by atoms with Crippen LogP contribution in [0.4, 0.5) is 0 Å². The van der Waals surface area contributed by atoms with Crippen molar-refractivity contribution < 1.29 is 48.9 Å². The normalized spacial score (nSPS) is 28.3. The lowest BCUT2D eigenvalue weighted by Crippen LogP contribution is -2.64. The number of hydrogen-bond donors (Lipinski definition) is 5. The Balaban J connectivity index is 2.23. The summed E-state index contributed by atoms with van der Waals surface area (Å²) in [5.74, 6) is -0.415. The van der Waals surface area contributed by atoms with E-state index in [1.807, 2.05) is 0 Å². The molecular formula is C16H31NO10. The molecule has 0 aromatic heterocycles. The zero-order valence-electron chi connectivity index (χ0n) is 15.5. The summed E-state index contributed by atoms with van der Waals surface area (Å²) in [5, 5.41) is 40.3. The first kappa shape index (κ1) is 24.1. The minimum atomic E-state index is -1.35. The molecule has 0 saturated carbocycles. The lowest BCUT2D eigenvalue weighted by molar-refractivity contribution is -0.272. The van der Waals surface area contributed by atoms with Gasteiger partial charge in [-0.25, -0.2) is 0 Å². The maximum absolute atomic E-state index is 11.3. The second kappa shape index (κ2) is 14.2. The number of nitrogens with one attached hydrogen (secondary N) is 1. The fraction of sp³-hybridized carbons (Fsp3) is 0.938. The van der Waals surface area contributed by atoms with Gasteiger partial charge < -0.3 is 49.4 Å². The van der Waals surface area contributed by atoms with Crippen LogP contribution in [0.3, 0.4) is 0 Å². The molecule has 0 aromatic rings. The van der Waals surface area contributed by atoms with Gasteiger partial charge in [0.05, 0.1) is 59.5 Å². The maximum Gasteiger partial charge on any atom is 0.217 e. The molecule has 1 heterocycles. The zero-order chi connectivity index (χ0) is 20.1. The van der Waals surface area contributed by atoms with Gasteiger partial charge in [-0.2, -0.15) is 0 Å². The van der Waals surface area contributed by atoms with E-state index in [0.29, 0.717) is 26.4 Å². The summed E-state index contributed by atoms with van der Waals surface area (Å²) in [5.41, 5.74) is 0. The van der Waals surface area contributed by atoms with E-state index in [4.69, 9.17) is 28.8 Å². The number of ether oxygens (including phenoxy) is 5. The van der Waals surface area contributed by atoms with Crippen LogP contribution in [0.1, 0.15) is 6.92 Å². The number of carbonyl (C=O) groups is 1. The molecular weight excluding hydrogens is 366 g/mol. The van der Waals surface area contributed by atoms with Crippen molar-refractivity contribution in [2.24, 2.45) is 0 Å². The Hall–Kier alpha value is -0.890. The molecule has 0 spiro atoms. The fourth-order valence-corrected chi connectivity index (χ4v) is 2.44. The van der Waals surface area contributed by atoms with Crippen molar-refractivity contribution in [1.29, 1.82) is 0 Å². The number of aliphatic hydroxyl groups is 4. The minimum absolute atomic E-state index is 0.0222. The minimum Gasteiger partial charge on any atom is -0.394 e. The van der Waals surface area contributed by atoms with Gasteiger partial charge >= 0.3 is 0 Å². The van der Waals surface area contributed by atoms with Crippen LogP contribution in [-0.2, 0) is 28.5 Å². The van der Waals surface area contributed by atoms with Crippen LogP contribution in [0.5, 0.6) is 0 Å². The molecule has 0 radical (unpaired) electrons. The molecule has 1 amide bonds. The van der Waals surface area contributed by atoms with E-state index in [-0.39, 0.29) is 26.4 Å². The third-order valence-electron chi connectivity index (χ3n) is 3.74. The zero-order valence-corrected chi connectivity index (χ0v) is 15.5. The van der Waals surface area contributed by atoms with Crippen LogP contribution in [-0.4, -0.2) is 116 Å². The Morgan fingerprint density at radius 2 is 1.48 bits per heavy atom. The highest BCUT2D eigenvalue weighted by molar-refractivity contribution is 5.73. The van der Waals surface area contributed by atoms with E-state index in [1.54, 1.807) is 0 Å². The van der Waals surface area contributed by atoms with Crippen LogP contribution in [0.25, 0.3) is 0 Å². The van der Waals surface area contributed by atoms with Crippen molar-refractivity contribution in [3.63, 3.8) is 0 Å². The molecule has 1 aliphatic rings. The average Bonchev–Trinajstić information content (AvgIpc) is 2.64. The Morgan fingerprint density at radius 1 is 0.926 bits per heavy atom. The summed E-state index contributed by atoms with van der Waals surface area (Å²) in [4.78, 5) is 11.3. The van der Waals surface area contributed by atoms with Gasteiger partial charge in [0.1, 0.15) is 24.4 Å². The van der Waals surface area contributed by atoms with E-state index in [0.717, 1.165) is 0 Å². The van der Waals surface area contributed by atoms with E-state index in [1.165, 1.54) is 6.92 Å². The van der Waals surface area contributed by atoms with Crippen molar-refractivity contribution in [1.82, 2.24) is 5.32 Å². The first-order valence-corrected chi connectivity index (χ1v) is 8.86. The van der Waals surface area contributed by atoms with Crippen molar-refractivity contribution in [3.8, 4) is 0 Å². The summed E-state index contributed by atoms with van der Waals surface area (Å²) in [7, 11) is 0. The van der Waals surface area contributed by atoms with E-state index < -0.39 is 43.2 Å². The van der Waals surface area contributed by atoms with E-state index in [2.05, 4.69) is 5.32 Å². The van der Waals surface area contributed by atoms with Gasteiger partial charge in [0.15, 0.2) is 6.29 Å². The van der Waals surface area contributed by atoms with Gasteiger partial charge in [0.2, 0.25) is 5.91 Å². The van der Waals surface area contributed by atoms with Crippen LogP contribution >= 0.6 is 0 Å². The lowest BCUT2D eigenvalue weighted by atomic mass is 9.97. The molecule has 11 nitrogen and oxygen atoms in total. The standard InChI is InChI=1S/C16H31NO10/c1-11(20)17-13-15(22)14(21)12(10-19)27-16(13)26-9-8-25-7-6-24-5-4-23-3-2-18/h12-16,18-19,21-22H,2-10H2,1H3,(H,17,20)/t12-,13-,14-,15-,16-/m1/s1. The molecule has 160 valence electrons. The highest BCUT2D eigenvalue weighted by Crippen LogP contribution is 2.22. The largest absolute Gasteiger partial charge is 0.394 e. The number of aliphatic hydroxyl groups excluding tert-OH is 4. The molecule has 0 aliphatic carbocycles. The third-order valence-corrected chi connectivity index (χ3v) is 3.74. The molecule has 0 aromatic carbocycles. The van der Waals surface area contributed by atoms with Gasteiger partial charge in [0, 0.05) is 6.92 Å². The topological polar surface area (TPSA) is 156 Å². The molecule has 1 aliphatic heterocycles. The van der Waals surface area contributed by atoms with Crippen molar-refractivity contribution >= 4 is 5.91 Å². The van der Waals surface area contributed by atoms with Gasteiger partial charge in [-0.05, 0) is 0 Å². The second-order valence-corrected chi connectivity index (χ2v) is 5.86. The Labute approximate surface area is 158 Å². The average molecular weight is 397 g/mol. The Kier molecular flexibility index (Phi) is 12.7. The molecule has 1 saturated heterocycles. The van der Waals surface area contributed by atoms with Crippen molar-refractivity contribution in [2.45, 2.75) is 37.6 Å². The van der Waals surface area contributed by atoms with Gasteiger partial charge in [-0.3, -0.25) is 4.79 Å². The van der Waals surface area contributed by atoms with E-state index in [9.17, 15) is 20.1 Å². The smallest absolute Gasteiger partial charge is 0.217 e. The monoisotopic (exact) mass is 397 g/mol. The Morgan fingerprint density at radius 3 is 2.00 bits per heavy atom. The van der Waals surface area contributed by atoms with Crippen molar-refractivity contribution in [3.05, 3.63) is 0 Å². The Bertz CT molecular complexity index is 399. The summed E-state index contributed by atoms with van der Waals surface area (Å²) >= 11 is 0. The van der Waals surface area contributed by atoms with Gasteiger partial charge in [-0.1, -0.05) is 0 Å². The van der Waals surface area contributed by atoms with Crippen LogP contribution in [0.15, 0.2) is 0 Å². The highest BCUT2D eigenvalue weighted by Gasteiger charge is 2.45. The summed E-state index contributed by atoms with van der Waals surface area (Å²) in [6, 6.07) is -0.970. The van der Waals surface area contributed by atoms with Crippen LogP contribution in [0, 0.1) is 0 Å². The van der Waals surface area contributed by atoms with Gasteiger partial charge in [0.25, 0.3) is 0 Å². The highest BCUT2D eigenvalue weighted by atomic mass is 16.7. The molecule has 27 heavy (non-hydrogen) atoms. The SMILES string of the molecule is CC(=O)N[C@H]1[C@H](OCCOCCOCCOCCO)O[C@H](CO)[C@@H](O)[C@@H]1O. The number of hydrogen-bond acceptors (Lipinski definition) is 10. The third kappa shape index (κ3) is 9.23. The summed E-state index contributed by atoms with van der Waals surface area (Å²) < 4.78 is 26.5. The fourth-order valence-electron chi connectivity index (χ4n) is 2.44. The number of carbonyl (C=O) groups excluding carboxylic acids is 1. The van der Waals surface area contributed by atoms with Crippen LogP contribution in [0.2, 0.25) is 0 Å².